The number of nitrogens with one attached hydrogen (secondary N) is 2. The molecule has 7 nitrogen and oxygen atoms in total. The zero-order valence-corrected chi connectivity index (χ0v) is 15.1. The normalized spacial score (nSPS) is 10.8. The van der Waals surface area contributed by atoms with Crippen LogP contribution in [0.5, 0.6) is 11.5 Å². The second-order valence-corrected chi connectivity index (χ2v) is 6.40. The molecular formula is C15H21BrN2O5. The lowest BCUT2D eigenvalue weighted by molar-refractivity contribution is -0.137. The van der Waals surface area contributed by atoms with Gasteiger partial charge in [-0.2, -0.15) is 0 Å². The smallest absolute Gasteiger partial charge is 0.319 e. The highest BCUT2D eigenvalue weighted by Crippen LogP contribution is 2.36. The molecule has 0 aliphatic heterocycles. The van der Waals surface area contributed by atoms with Crippen molar-refractivity contribution in [2.75, 3.05) is 19.5 Å². The first-order chi connectivity index (χ1) is 10.7. The Morgan fingerprint density at radius 2 is 1.83 bits per heavy atom. The number of carbonyl (C=O) groups excluding carboxylic acids is 1. The van der Waals surface area contributed by atoms with Gasteiger partial charge in [-0.25, -0.2) is 4.79 Å². The van der Waals surface area contributed by atoms with E-state index >= 15 is 0 Å². The summed E-state index contributed by atoms with van der Waals surface area (Å²) in [5, 5.41) is 14.2. The van der Waals surface area contributed by atoms with Crippen molar-refractivity contribution in [3.63, 3.8) is 0 Å². The van der Waals surface area contributed by atoms with E-state index in [1.54, 1.807) is 26.0 Å². The minimum atomic E-state index is -0.902. The third kappa shape index (κ3) is 5.97. The average molecular weight is 389 g/mol. The van der Waals surface area contributed by atoms with Gasteiger partial charge in [-0.05, 0) is 42.3 Å². The zero-order valence-electron chi connectivity index (χ0n) is 13.5. The Balaban J connectivity index is 2.81. The zero-order chi connectivity index (χ0) is 17.6. The molecule has 0 bridgehead atoms. The van der Waals surface area contributed by atoms with Crippen LogP contribution in [0.25, 0.3) is 0 Å². The molecule has 0 aliphatic rings. The lowest BCUT2D eigenvalue weighted by Gasteiger charge is -2.26. The molecular weight excluding hydrogens is 368 g/mol. The van der Waals surface area contributed by atoms with Crippen LogP contribution in [0.1, 0.15) is 26.7 Å². The van der Waals surface area contributed by atoms with Crippen molar-refractivity contribution < 1.29 is 24.2 Å². The van der Waals surface area contributed by atoms with E-state index in [0.717, 1.165) is 0 Å². The van der Waals surface area contributed by atoms with E-state index in [2.05, 4.69) is 26.6 Å². The molecule has 23 heavy (non-hydrogen) atoms. The minimum Gasteiger partial charge on any atom is -0.495 e. The maximum absolute atomic E-state index is 12.1. The van der Waals surface area contributed by atoms with E-state index in [1.165, 1.54) is 14.2 Å². The van der Waals surface area contributed by atoms with Crippen LogP contribution in [0.15, 0.2) is 16.6 Å². The Morgan fingerprint density at radius 3 is 2.35 bits per heavy atom. The van der Waals surface area contributed by atoms with Crippen LogP contribution >= 0.6 is 15.9 Å². The van der Waals surface area contributed by atoms with E-state index in [9.17, 15) is 9.59 Å². The number of halogens is 1. The monoisotopic (exact) mass is 388 g/mol. The Bertz CT molecular complexity index is 589. The highest BCUT2D eigenvalue weighted by atomic mass is 79.9. The van der Waals surface area contributed by atoms with Crippen LogP contribution in [0.3, 0.4) is 0 Å². The Morgan fingerprint density at radius 1 is 1.22 bits per heavy atom. The van der Waals surface area contributed by atoms with Gasteiger partial charge in [-0.1, -0.05) is 0 Å². The average Bonchev–Trinajstić information content (AvgIpc) is 2.45. The summed E-state index contributed by atoms with van der Waals surface area (Å²) < 4.78 is 11.1. The first-order valence-electron chi connectivity index (χ1n) is 6.91. The number of benzene rings is 1. The predicted octanol–water partition coefficient (Wildman–Crippen LogP) is 3.23. The van der Waals surface area contributed by atoms with Crippen molar-refractivity contribution in [1.29, 1.82) is 0 Å². The topological polar surface area (TPSA) is 96.9 Å². The summed E-state index contributed by atoms with van der Waals surface area (Å²) in [6, 6.07) is 2.87. The molecule has 0 spiro atoms. The number of carboxylic acid groups (broad SMARTS) is 1. The van der Waals surface area contributed by atoms with Crippen molar-refractivity contribution in [2.24, 2.45) is 0 Å². The first-order valence-corrected chi connectivity index (χ1v) is 7.70. The summed E-state index contributed by atoms with van der Waals surface area (Å²) in [5.74, 6) is 0.124. The van der Waals surface area contributed by atoms with Crippen LogP contribution in [0.2, 0.25) is 0 Å². The molecule has 8 heteroatoms. The molecule has 0 unspecified atom stereocenters. The summed E-state index contributed by atoms with van der Waals surface area (Å²) in [6.45, 7) is 3.52. The maximum atomic E-state index is 12.1. The third-order valence-electron chi connectivity index (χ3n) is 3.14. The standard InChI is InChI=1S/C15H21BrN2O5/c1-15(2,6-5-13(19)20)18-14(21)17-10-7-9(16)11(22-3)8-12(10)23-4/h7-8H,5-6H2,1-4H3,(H,19,20)(H2,17,18,21). The fourth-order valence-electron chi connectivity index (χ4n) is 1.90. The molecule has 3 N–H and O–H groups in total. The molecule has 1 rings (SSSR count). The molecule has 0 aliphatic carbocycles. The summed E-state index contributed by atoms with van der Waals surface area (Å²) in [4.78, 5) is 22.8. The Hall–Kier alpha value is -1.96. The van der Waals surface area contributed by atoms with E-state index < -0.39 is 17.5 Å². The molecule has 128 valence electrons. The van der Waals surface area contributed by atoms with Crippen LogP contribution < -0.4 is 20.1 Å². The van der Waals surface area contributed by atoms with Gasteiger partial charge in [0, 0.05) is 18.0 Å². The maximum Gasteiger partial charge on any atom is 0.319 e. The van der Waals surface area contributed by atoms with Gasteiger partial charge in [0.25, 0.3) is 0 Å². The summed E-state index contributed by atoms with van der Waals surface area (Å²) >= 11 is 3.35. The Labute approximate surface area is 143 Å². The number of carboxylic acids is 1. The number of urea groups is 1. The molecule has 2 amide bonds. The quantitative estimate of drug-likeness (QED) is 0.665. The van der Waals surface area contributed by atoms with E-state index in [1.807, 2.05) is 0 Å². The van der Waals surface area contributed by atoms with Gasteiger partial charge in [-0.15, -0.1) is 0 Å². The number of carbonyl (C=O) groups is 2. The molecule has 1 aromatic rings. The second-order valence-electron chi connectivity index (χ2n) is 5.54. The molecule has 1 aromatic carbocycles. The van der Waals surface area contributed by atoms with Gasteiger partial charge in [-0.3, -0.25) is 4.79 Å². The third-order valence-corrected chi connectivity index (χ3v) is 3.76. The van der Waals surface area contributed by atoms with Gasteiger partial charge in [0.1, 0.15) is 11.5 Å². The number of anilines is 1. The van der Waals surface area contributed by atoms with Crippen molar-refractivity contribution in [1.82, 2.24) is 5.32 Å². The van der Waals surface area contributed by atoms with Crippen LogP contribution in [-0.2, 0) is 4.79 Å². The summed E-state index contributed by atoms with van der Waals surface area (Å²) in [6.07, 6.45) is 0.296. The van der Waals surface area contributed by atoms with E-state index in [0.29, 0.717) is 28.1 Å². The fourth-order valence-corrected chi connectivity index (χ4v) is 2.41. The van der Waals surface area contributed by atoms with Gasteiger partial charge in [0.2, 0.25) is 0 Å². The highest BCUT2D eigenvalue weighted by Gasteiger charge is 2.22. The van der Waals surface area contributed by atoms with Gasteiger partial charge in [0.05, 0.1) is 24.4 Å². The van der Waals surface area contributed by atoms with Crippen LogP contribution in [-0.4, -0.2) is 36.9 Å². The van der Waals surface area contributed by atoms with E-state index in [4.69, 9.17) is 14.6 Å². The van der Waals surface area contributed by atoms with Crippen molar-refractivity contribution in [3.05, 3.63) is 16.6 Å². The fraction of sp³-hybridized carbons (Fsp3) is 0.467. The highest BCUT2D eigenvalue weighted by molar-refractivity contribution is 9.10. The van der Waals surface area contributed by atoms with Crippen molar-refractivity contribution in [3.8, 4) is 11.5 Å². The van der Waals surface area contributed by atoms with Crippen LogP contribution in [0.4, 0.5) is 10.5 Å². The van der Waals surface area contributed by atoms with Crippen molar-refractivity contribution in [2.45, 2.75) is 32.2 Å². The van der Waals surface area contributed by atoms with Crippen LogP contribution in [0, 0.1) is 0 Å². The SMILES string of the molecule is COc1cc(OC)c(NC(=O)NC(C)(C)CCC(=O)O)cc1Br. The molecule has 0 saturated heterocycles. The number of hydrogen-bond acceptors (Lipinski definition) is 4. The number of hydrogen-bond donors (Lipinski definition) is 3. The summed E-state index contributed by atoms with van der Waals surface area (Å²) in [5.41, 5.74) is -0.189. The lowest BCUT2D eigenvalue weighted by atomic mass is 9.99. The molecule has 0 fully saturated rings. The molecule has 0 saturated carbocycles. The van der Waals surface area contributed by atoms with Gasteiger partial charge < -0.3 is 25.2 Å². The predicted molar refractivity (Wildman–Crippen MR) is 90.3 cm³/mol. The lowest BCUT2D eigenvalue weighted by Crippen LogP contribution is -2.45. The molecule has 0 atom stereocenters. The van der Waals surface area contributed by atoms with E-state index in [-0.39, 0.29) is 6.42 Å². The number of rotatable bonds is 7. The largest absolute Gasteiger partial charge is 0.495 e. The van der Waals surface area contributed by atoms with Gasteiger partial charge >= 0.3 is 12.0 Å². The Kier molecular flexibility index (Phi) is 6.68. The molecule has 0 radical (unpaired) electrons. The van der Waals surface area contributed by atoms with Crippen molar-refractivity contribution >= 4 is 33.6 Å². The molecule has 0 aromatic heterocycles. The number of aliphatic carboxylic acids is 1. The second kappa shape index (κ2) is 8.05. The first kappa shape index (κ1) is 19.1. The number of ether oxygens (including phenoxy) is 2. The minimum absolute atomic E-state index is 0.0231. The molecule has 0 heterocycles. The number of methoxy groups -OCH3 is 2. The summed E-state index contributed by atoms with van der Waals surface area (Å²) in [7, 11) is 3.02. The number of amides is 2. The van der Waals surface area contributed by atoms with Gasteiger partial charge in [0.15, 0.2) is 0 Å².